The van der Waals surface area contributed by atoms with Crippen LogP contribution < -0.4 is 0 Å². The maximum absolute atomic E-state index is 13.7. The minimum atomic E-state index is -1.16. The van der Waals surface area contributed by atoms with Crippen LogP contribution in [0.2, 0.25) is 0 Å². The lowest BCUT2D eigenvalue weighted by atomic mass is 10.3. The Labute approximate surface area is 105 Å². The molecule has 0 unspecified atom stereocenters. The first-order valence-electron chi connectivity index (χ1n) is 5.02. The normalized spacial score (nSPS) is 11.4. The number of nitrogens with zero attached hydrogens (tertiary/aromatic N) is 2. The monoisotopic (exact) mass is 300 g/mol. The van der Waals surface area contributed by atoms with Crippen molar-refractivity contribution in [3.8, 4) is 0 Å². The first-order valence-corrected chi connectivity index (χ1v) is 5.81. The smallest absolute Gasteiger partial charge is 0.372 e. The van der Waals surface area contributed by atoms with E-state index >= 15 is 0 Å². The molecule has 2 rings (SSSR count). The second kappa shape index (κ2) is 4.10. The Morgan fingerprint density at radius 3 is 2.71 bits per heavy atom. The van der Waals surface area contributed by atoms with E-state index in [1.807, 2.05) is 13.8 Å². The molecule has 90 valence electrons. The Morgan fingerprint density at radius 2 is 2.18 bits per heavy atom. The lowest BCUT2D eigenvalue weighted by molar-refractivity contribution is 0.0677. The number of aromatic carboxylic acids is 1. The maximum atomic E-state index is 13.7. The second-order valence-electron chi connectivity index (χ2n) is 3.96. The molecule has 0 aliphatic carbocycles. The lowest BCUT2D eigenvalue weighted by Crippen LogP contribution is -2.11. The van der Waals surface area contributed by atoms with E-state index in [9.17, 15) is 9.18 Å². The van der Waals surface area contributed by atoms with Crippen molar-refractivity contribution in [1.29, 1.82) is 0 Å². The van der Waals surface area contributed by atoms with Crippen molar-refractivity contribution in [2.45, 2.75) is 19.9 Å². The van der Waals surface area contributed by atoms with Crippen molar-refractivity contribution >= 4 is 32.9 Å². The van der Waals surface area contributed by atoms with E-state index in [1.54, 1.807) is 6.07 Å². The number of aromatic nitrogens is 2. The van der Waals surface area contributed by atoms with Gasteiger partial charge in [0.05, 0.1) is 5.52 Å². The lowest BCUT2D eigenvalue weighted by Gasteiger charge is -2.10. The molecule has 2 aromatic rings. The molecule has 0 bridgehead atoms. The molecule has 6 heteroatoms. The highest BCUT2D eigenvalue weighted by atomic mass is 79.9. The summed E-state index contributed by atoms with van der Waals surface area (Å²) in [7, 11) is 0. The van der Waals surface area contributed by atoms with E-state index in [2.05, 4.69) is 20.9 Å². The molecule has 1 aromatic heterocycles. The van der Waals surface area contributed by atoms with Gasteiger partial charge in [-0.1, -0.05) is 15.9 Å². The molecule has 1 aromatic carbocycles. The molecule has 0 saturated heterocycles. The number of hydrogen-bond donors (Lipinski definition) is 1. The zero-order valence-corrected chi connectivity index (χ0v) is 10.8. The molecular formula is C11H10BrFN2O2. The van der Waals surface area contributed by atoms with Crippen molar-refractivity contribution in [1.82, 2.24) is 9.55 Å². The van der Waals surface area contributed by atoms with Gasteiger partial charge in [0.1, 0.15) is 5.52 Å². The summed E-state index contributed by atoms with van der Waals surface area (Å²) in [5.41, 5.74) is 0.559. The average Bonchev–Trinajstić information content (AvgIpc) is 2.56. The Hall–Kier alpha value is -1.43. The fraction of sp³-hybridized carbons (Fsp3) is 0.273. The van der Waals surface area contributed by atoms with Crippen LogP contribution in [0.3, 0.4) is 0 Å². The van der Waals surface area contributed by atoms with Crippen LogP contribution in [0.25, 0.3) is 11.0 Å². The van der Waals surface area contributed by atoms with Crippen molar-refractivity contribution in [3.63, 3.8) is 0 Å². The molecule has 0 saturated carbocycles. The third-order valence-electron chi connectivity index (χ3n) is 2.42. The van der Waals surface area contributed by atoms with Gasteiger partial charge in [0.25, 0.3) is 0 Å². The molecule has 0 aliphatic rings. The third kappa shape index (κ3) is 1.93. The molecule has 4 nitrogen and oxygen atoms in total. The van der Waals surface area contributed by atoms with Crippen LogP contribution >= 0.6 is 15.9 Å². The van der Waals surface area contributed by atoms with Crippen molar-refractivity contribution < 1.29 is 14.3 Å². The van der Waals surface area contributed by atoms with Crippen molar-refractivity contribution in [3.05, 3.63) is 28.2 Å². The summed E-state index contributed by atoms with van der Waals surface area (Å²) in [5, 5.41) is 9.06. The highest BCUT2D eigenvalue weighted by Gasteiger charge is 2.21. The first-order chi connectivity index (χ1) is 7.91. The van der Waals surface area contributed by atoms with Gasteiger partial charge in [-0.15, -0.1) is 0 Å². The minimum absolute atomic E-state index is 0.0827. The Kier molecular flexibility index (Phi) is 2.91. The van der Waals surface area contributed by atoms with Gasteiger partial charge in [0.2, 0.25) is 5.82 Å². The SMILES string of the molecule is CC(C)n1c(C(=O)O)nc2c(F)cc(Br)cc21. The topological polar surface area (TPSA) is 55.1 Å². The largest absolute Gasteiger partial charge is 0.475 e. The molecule has 1 N–H and O–H groups in total. The van der Waals surface area contributed by atoms with Crippen LogP contribution in [-0.2, 0) is 0 Å². The first kappa shape index (κ1) is 12.0. The van der Waals surface area contributed by atoms with Crippen LogP contribution in [0.15, 0.2) is 16.6 Å². The van der Waals surface area contributed by atoms with Gasteiger partial charge in [0.15, 0.2) is 5.82 Å². The number of carboxylic acid groups (broad SMARTS) is 1. The van der Waals surface area contributed by atoms with Gasteiger partial charge in [-0.25, -0.2) is 14.2 Å². The second-order valence-corrected chi connectivity index (χ2v) is 4.88. The number of carboxylic acids is 1. The van der Waals surface area contributed by atoms with Gasteiger partial charge in [0, 0.05) is 10.5 Å². The van der Waals surface area contributed by atoms with Gasteiger partial charge >= 0.3 is 5.97 Å². The minimum Gasteiger partial charge on any atom is -0.475 e. The van der Waals surface area contributed by atoms with E-state index in [0.717, 1.165) is 0 Å². The molecule has 17 heavy (non-hydrogen) atoms. The van der Waals surface area contributed by atoms with Crippen LogP contribution in [-0.4, -0.2) is 20.6 Å². The Bertz CT molecular complexity index is 607. The summed E-state index contributed by atoms with van der Waals surface area (Å²) < 4.78 is 15.7. The van der Waals surface area contributed by atoms with E-state index in [-0.39, 0.29) is 17.4 Å². The number of carbonyl (C=O) groups is 1. The molecule has 0 spiro atoms. The van der Waals surface area contributed by atoms with Crippen molar-refractivity contribution in [2.24, 2.45) is 0 Å². The van der Waals surface area contributed by atoms with Gasteiger partial charge in [-0.05, 0) is 26.0 Å². The molecule has 0 fully saturated rings. The van der Waals surface area contributed by atoms with E-state index in [0.29, 0.717) is 9.99 Å². The molecular weight excluding hydrogens is 291 g/mol. The summed E-state index contributed by atoms with van der Waals surface area (Å²) in [6.45, 7) is 3.65. The van der Waals surface area contributed by atoms with E-state index < -0.39 is 11.8 Å². The van der Waals surface area contributed by atoms with Gasteiger partial charge in [-0.3, -0.25) is 0 Å². The highest BCUT2D eigenvalue weighted by Crippen LogP contribution is 2.26. The number of hydrogen-bond acceptors (Lipinski definition) is 2. The fourth-order valence-corrected chi connectivity index (χ4v) is 2.21. The van der Waals surface area contributed by atoms with Crippen LogP contribution in [0.1, 0.15) is 30.5 Å². The summed E-state index contributed by atoms with van der Waals surface area (Å²) in [6.07, 6.45) is 0. The average molecular weight is 301 g/mol. The predicted molar refractivity (Wildman–Crippen MR) is 64.7 cm³/mol. The number of imidazole rings is 1. The summed E-state index contributed by atoms with van der Waals surface area (Å²) in [5.74, 6) is -1.84. The number of benzene rings is 1. The molecule has 0 radical (unpaired) electrons. The van der Waals surface area contributed by atoms with E-state index in [1.165, 1.54) is 10.6 Å². The number of halogens is 2. The Balaban J connectivity index is 2.90. The maximum Gasteiger partial charge on any atom is 0.372 e. The predicted octanol–water partition coefficient (Wildman–Crippen LogP) is 3.22. The highest BCUT2D eigenvalue weighted by molar-refractivity contribution is 9.10. The van der Waals surface area contributed by atoms with Crippen LogP contribution in [0, 0.1) is 5.82 Å². The van der Waals surface area contributed by atoms with Crippen LogP contribution in [0.4, 0.5) is 4.39 Å². The molecule has 0 atom stereocenters. The summed E-state index contributed by atoms with van der Waals surface area (Å²) in [4.78, 5) is 14.9. The zero-order chi connectivity index (χ0) is 12.7. The zero-order valence-electron chi connectivity index (χ0n) is 9.24. The summed E-state index contributed by atoms with van der Waals surface area (Å²) in [6, 6.07) is 2.82. The van der Waals surface area contributed by atoms with Gasteiger partial charge < -0.3 is 9.67 Å². The van der Waals surface area contributed by atoms with E-state index in [4.69, 9.17) is 5.11 Å². The molecule has 0 amide bonds. The van der Waals surface area contributed by atoms with Crippen LogP contribution in [0.5, 0.6) is 0 Å². The summed E-state index contributed by atoms with van der Waals surface area (Å²) >= 11 is 3.18. The van der Waals surface area contributed by atoms with Crippen molar-refractivity contribution in [2.75, 3.05) is 0 Å². The Morgan fingerprint density at radius 1 is 1.53 bits per heavy atom. The molecule has 1 heterocycles. The van der Waals surface area contributed by atoms with Gasteiger partial charge in [-0.2, -0.15) is 0 Å². The fourth-order valence-electron chi connectivity index (χ4n) is 1.79. The third-order valence-corrected chi connectivity index (χ3v) is 2.88. The molecule has 0 aliphatic heterocycles. The number of rotatable bonds is 2. The number of fused-ring (bicyclic) bond motifs is 1. The quantitative estimate of drug-likeness (QED) is 0.926. The standard InChI is InChI=1S/C11H10BrFN2O2/c1-5(2)15-8-4-6(12)3-7(13)9(8)14-10(15)11(16)17/h3-5H,1-2H3,(H,16,17).